The number of carbonyl (C=O) groups excluding carboxylic acids is 2. The third-order valence-electron chi connectivity index (χ3n) is 3.92. The van der Waals surface area contributed by atoms with Crippen LogP contribution in [-0.2, 0) is 9.59 Å². The zero-order valence-electron chi connectivity index (χ0n) is 13.4. The van der Waals surface area contributed by atoms with Crippen LogP contribution in [-0.4, -0.2) is 29.1 Å². The van der Waals surface area contributed by atoms with Gasteiger partial charge < -0.3 is 15.7 Å². The van der Waals surface area contributed by atoms with Crippen molar-refractivity contribution in [3.8, 4) is 0 Å². The van der Waals surface area contributed by atoms with Crippen molar-refractivity contribution < 1.29 is 19.1 Å². The van der Waals surface area contributed by atoms with Gasteiger partial charge in [0.25, 0.3) is 0 Å². The number of hydrogen-bond donors (Lipinski definition) is 3. The maximum atomic E-state index is 13.4. The highest BCUT2D eigenvalue weighted by molar-refractivity contribution is 6.39. The lowest BCUT2D eigenvalue weighted by Crippen LogP contribution is -2.47. The fraction of sp³-hybridized carbons (Fsp3) is 0.500. The molecular weight excluding hydrogens is 287 g/mol. The molecule has 0 spiro atoms. The first kappa shape index (κ1) is 18.1. The SMILES string of the molecule is CC[C@@H](C)[C@](C)(O)CNC(=O)C(=O)Nc1ccc(C)c(F)c1. The first-order valence-electron chi connectivity index (χ1n) is 7.25. The maximum absolute atomic E-state index is 13.4. The van der Waals surface area contributed by atoms with Gasteiger partial charge >= 0.3 is 11.8 Å². The van der Waals surface area contributed by atoms with Gasteiger partial charge in [0.15, 0.2) is 0 Å². The fourth-order valence-corrected chi connectivity index (χ4v) is 1.81. The Balaban J connectivity index is 2.59. The van der Waals surface area contributed by atoms with Gasteiger partial charge in [0.1, 0.15) is 5.82 Å². The van der Waals surface area contributed by atoms with E-state index in [2.05, 4.69) is 10.6 Å². The first-order valence-corrected chi connectivity index (χ1v) is 7.25. The minimum Gasteiger partial charge on any atom is -0.388 e. The normalized spacial score (nSPS) is 14.8. The second-order valence-corrected chi connectivity index (χ2v) is 5.77. The van der Waals surface area contributed by atoms with Crippen molar-refractivity contribution in [3.05, 3.63) is 29.6 Å². The van der Waals surface area contributed by atoms with Crippen LogP contribution in [0.3, 0.4) is 0 Å². The Kier molecular flexibility index (Phi) is 6.05. The van der Waals surface area contributed by atoms with Crippen molar-refractivity contribution in [1.82, 2.24) is 5.32 Å². The van der Waals surface area contributed by atoms with Crippen LogP contribution in [0.25, 0.3) is 0 Å². The van der Waals surface area contributed by atoms with E-state index in [4.69, 9.17) is 0 Å². The number of amides is 2. The van der Waals surface area contributed by atoms with Crippen LogP contribution < -0.4 is 10.6 Å². The molecule has 122 valence electrons. The van der Waals surface area contributed by atoms with E-state index < -0.39 is 23.2 Å². The smallest absolute Gasteiger partial charge is 0.313 e. The summed E-state index contributed by atoms with van der Waals surface area (Å²) < 4.78 is 13.4. The number of carbonyl (C=O) groups is 2. The molecule has 0 aliphatic heterocycles. The predicted molar refractivity (Wildman–Crippen MR) is 82.9 cm³/mol. The zero-order valence-corrected chi connectivity index (χ0v) is 13.4. The van der Waals surface area contributed by atoms with Gasteiger partial charge in [-0.15, -0.1) is 0 Å². The lowest BCUT2D eigenvalue weighted by atomic mass is 9.89. The molecule has 2 amide bonds. The number of anilines is 1. The lowest BCUT2D eigenvalue weighted by molar-refractivity contribution is -0.137. The number of nitrogens with one attached hydrogen (secondary N) is 2. The molecule has 0 aliphatic rings. The van der Waals surface area contributed by atoms with Gasteiger partial charge in [0.05, 0.1) is 5.60 Å². The molecule has 0 saturated carbocycles. The van der Waals surface area contributed by atoms with E-state index in [1.807, 2.05) is 13.8 Å². The fourth-order valence-electron chi connectivity index (χ4n) is 1.81. The molecule has 0 fully saturated rings. The molecule has 22 heavy (non-hydrogen) atoms. The highest BCUT2D eigenvalue weighted by atomic mass is 19.1. The van der Waals surface area contributed by atoms with Crippen molar-refractivity contribution in [1.29, 1.82) is 0 Å². The second-order valence-electron chi connectivity index (χ2n) is 5.77. The van der Waals surface area contributed by atoms with Crippen molar-refractivity contribution in [2.75, 3.05) is 11.9 Å². The highest BCUT2D eigenvalue weighted by Crippen LogP contribution is 2.18. The van der Waals surface area contributed by atoms with Gasteiger partial charge in [-0.1, -0.05) is 26.3 Å². The molecule has 1 aromatic carbocycles. The standard InChI is InChI=1S/C16H23FN2O3/c1-5-11(3)16(4,22)9-18-14(20)15(21)19-12-7-6-10(2)13(17)8-12/h6-8,11,22H,5,9H2,1-4H3,(H,18,20)(H,19,21)/t11-,16-/m1/s1. The molecule has 0 bridgehead atoms. The minimum absolute atomic E-state index is 0.0259. The summed E-state index contributed by atoms with van der Waals surface area (Å²) in [6.07, 6.45) is 0.748. The van der Waals surface area contributed by atoms with E-state index in [0.717, 1.165) is 12.5 Å². The second kappa shape index (κ2) is 7.35. The van der Waals surface area contributed by atoms with Gasteiger partial charge in [-0.3, -0.25) is 9.59 Å². The zero-order chi connectivity index (χ0) is 16.9. The molecule has 0 saturated heterocycles. The largest absolute Gasteiger partial charge is 0.388 e. The number of aryl methyl sites for hydroxylation is 1. The summed E-state index contributed by atoms with van der Waals surface area (Å²) in [5.74, 6) is -2.26. The summed E-state index contributed by atoms with van der Waals surface area (Å²) in [7, 11) is 0. The predicted octanol–water partition coefficient (Wildman–Crippen LogP) is 1.99. The summed E-state index contributed by atoms with van der Waals surface area (Å²) in [6, 6.07) is 4.17. The molecule has 1 rings (SSSR count). The Morgan fingerprint density at radius 1 is 1.36 bits per heavy atom. The monoisotopic (exact) mass is 310 g/mol. The van der Waals surface area contributed by atoms with Crippen molar-refractivity contribution in [3.63, 3.8) is 0 Å². The highest BCUT2D eigenvalue weighted by Gasteiger charge is 2.28. The van der Waals surface area contributed by atoms with Gasteiger partial charge in [-0.05, 0) is 37.5 Å². The summed E-state index contributed by atoms with van der Waals surface area (Å²) in [6.45, 7) is 6.97. The van der Waals surface area contributed by atoms with E-state index in [9.17, 15) is 19.1 Å². The molecule has 2 atom stereocenters. The van der Waals surface area contributed by atoms with Crippen LogP contribution in [0, 0.1) is 18.7 Å². The molecule has 0 unspecified atom stereocenters. The summed E-state index contributed by atoms with van der Waals surface area (Å²) in [4.78, 5) is 23.5. The Labute approximate surface area is 129 Å². The Morgan fingerprint density at radius 2 is 2.00 bits per heavy atom. The Hall–Kier alpha value is -1.95. The molecule has 5 nitrogen and oxygen atoms in total. The van der Waals surface area contributed by atoms with E-state index >= 15 is 0 Å². The number of aliphatic hydroxyl groups is 1. The van der Waals surface area contributed by atoms with Gasteiger partial charge in [0.2, 0.25) is 0 Å². The van der Waals surface area contributed by atoms with E-state index in [0.29, 0.717) is 5.56 Å². The van der Waals surface area contributed by atoms with Crippen molar-refractivity contribution >= 4 is 17.5 Å². The molecule has 0 heterocycles. The van der Waals surface area contributed by atoms with Gasteiger partial charge in [0, 0.05) is 12.2 Å². The van der Waals surface area contributed by atoms with Crippen molar-refractivity contribution in [2.24, 2.45) is 5.92 Å². The van der Waals surface area contributed by atoms with Crippen LogP contribution in [0.4, 0.5) is 10.1 Å². The van der Waals surface area contributed by atoms with Gasteiger partial charge in [-0.25, -0.2) is 4.39 Å². The molecule has 6 heteroatoms. The van der Waals surface area contributed by atoms with E-state index in [1.54, 1.807) is 13.8 Å². The Bertz CT molecular complexity index is 558. The quantitative estimate of drug-likeness (QED) is 0.728. The summed E-state index contributed by atoms with van der Waals surface area (Å²) in [5.41, 5.74) is -0.440. The molecule has 0 aromatic heterocycles. The van der Waals surface area contributed by atoms with E-state index in [1.165, 1.54) is 12.1 Å². The van der Waals surface area contributed by atoms with Crippen LogP contribution in [0.2, 0.25) is 0 Å². The van der Waals surface area contributed by atoms with Crippen LogP contribution in [0.15, 0.2) is 18.2 Å². The first-order chi connectivity index (χ1) is 10.2. The molecule has 1 aromatic rings. The third-order valence-corrected chi connectivity index (χ3v) is 3.92. The van der Waals surface area contributed by atoms with Crippen LogP contribution >= 0.6 is 0 Å². The Morgan fingerprint density at radius 3 is 2.55 bits per heavy atom. The lowest BCUT2D eigenvalue weighted by Gasteiger charge is -2.29. The number of benzene rings is 1. The topological polar surface area (TPSA) is 78.4 Å². The molecular formula is C16H23FN2O3. The average Bonchev–Trinajstić information content (AvgIpc) is 2.47. The summed E-state index contributed by atoms with van der Waals surface area (Å²) >= 11 is 0. The van der Waals surface area contributed by atoms with Crippen molar-refractivity contribution in [2.45, 2.75) is 39.7 Å². The van der Waals surface area contributed by atoms with Gasteiger partial charge in [-0.2, -0.15) is 0 Å². The number of hydrogen-bond acceptors (Lipinski definition) is 3. The summed E-state index contributed by atoms with van der Waals surface area (Å²) in [5, 5.41) is 14.9. The number of halogens is 1. The molecule has 0 radical (unpaired) electrons. The number of rotatable bonds is 5. The maximum Gasteiger partial charge on any atom is 0.313 e. The third kappa shape index (κ3) is 4.80. The van der Waals surface area contributed by atoms with Crippen LogP contribution in [0.1, 0.15) is 32.8 Å². The van der Waals surface area contributed by atoms with Crippen LogP contribution in [0.5, 0.6) is 0 Å². The average molecular weight is 310 g/mol. The minimum atomic E-state index is -1.10. The molecule has 0 aliphatic carbocycles. The van der Waals surface area contributed by atoms with E-state index in [-0.39, 0.29) is 18.2 Å². The molecule has 3 N–H and O–H groups in total.